The van der Waals surface area contributed by atoms with Gasteiger partial charge in [-0.15, -0.1) is 0 Å². The molecule has 0 aliphatic heterocycles. The van der Waals surface area contributed by atoms with E-state index in [-0.39, 0.29) is 32.9 Å². The summed E-state index contributed by atoms with van der Waals surface area (Å²) in [6.45, 7) is 12.6. The van der Waals surface area contributed by atoms with E-state index in [1.807, 2.05) is 41.5 Å². The Morgan fingerprint density at radius 3 is 1.67 bits per heavy atom. The molecule has 0 saturated heterocycles. The highest BCUT2D eigenvalue weighted by molar-refractivity contribution is 8.26. The van der Waals surface area contributed by atoms with Crippen molar-refractivity contribution in [2.45, 2.75) is 53.6 Å². The van der Waals surface area contributed by atoms with Crippen molar-refractivity contribution in [3.05, 3.63) is 0 Å². The lowest BCUT2D eigenvalue weighted by molar-refractivity contribution is 0.258. The zero-order valence-electron chi connectivity index (χ0n) is 15.2. The topological polar surface area (TPSA) is 130 Å². The van der Waals surface area contributed by atoms with Crippen LogP contribution in [0.1, 0.15) is 41.5 Å². The molecular formula is C14H30N6O2S2. The number of carbonyl (C=O) groups is 2. The fourth-order valence-electron chi connectivity index (χ4n) is 1.12. The number of hydrogen-bond donors (Lipinski definition) is 6. The molecule has 0 heterocycles. The zero-order chi connectivity index (χ0) is 19.1. The van der Waals surface area contributed by atoms with Gasteiger partial charge < -0.3 is 21.3 Å². The van der Waals surface area contributed by atoms with Crippen LogP contribution in [0, 0.1) is 10.8 Å². The minimum absolute atomic E-state index is 0.117. The number of amides is 2. The molecule has 10 heteroatoms. The Balaban J connectivity index is 0. The summed E-state index contributed by atoms with van der Waals surface area (Å²) in [5.41, 5.74) is 0. The molecule has 0 aliphatic carbocycles. The van der Waals surface area contributed by atoms with E-state index in [9.17, 15) is 9.59 Å². The first kappa shape index (κ1) is 24.8. The molecule has 6 N–H and O–H groups in total. The van der Waals surface area contributed by atoms with Crippen LogP contribution in [0.5, 0.6) is 0 Å². The van der Waals surface area contributed by atoms with Gasteiger partial charge in [-0.1, -0.05) is 0 Å². The van der Waals surface area contributed by atoms with E-state index in [0.717, 1.165) is 23.5 Å². The molecule has 24 heavy (non-hydrogen) atoms. The summed E-state index contributed by atoms with van der Waals surface area (Å²) in [7, 11) is 0. The third-order valence-electron chi connectivity index (χ3n) is 1.87. The molecule has 2 amide bonds. The van der Waals surface area contributed by atoms with Crippen molar-refractivity contribution >= 4 is 44.3 Å². The molecule has 0 aromatic heterocycles. The third-order valence-corrected chi connectivity index (χ3v) is 3.18. The maximum Gasteiger partial charge on any atom is 0.286 e. The average molecular weight is 379 g/mol. The van der Waals surface area contributed by atoms with Gasteiger partial charge in [0.2, 0.25) is 0 Å². The fourth-order valence-corrected chi connectivity index (χ4v) is 2.51. The van der Waals surface area contributed by atoms with Gasteiger partial charge in [-0.3, -0.25) is 20.4 Å². The predicted molar refractivity (Wildman–Crippen MR) is 105 cm³/mol. The largest absolute Gasteiger partial charge is 0.365 e. The molecule has 8 nitrogen and oxygen atoms in total. The molecule has 0 atom stereocenters. The minimum atomic E-state index is -0.187. The van der Waals surface area contributed by atoms with Crippen LogP contribution in [-0.2, 0) is 0 Å². The van der Waals surface area contributed by atoms with Crippen molar-refractivity contribution < 1.29 is 9.59 Å². The summed E-state index contributed by atoms with van der Waals surface area (Å²) in [5.74, 6) is 0. The molecule has 0 bridgehead atoms. The van der Waals surface area contributed by atoms with Crippen LogP contribution < -0.4 is 21.3 Å². The lowest BCUT2D eigenvalue weighted by atomic mass is 10.4. The van der Waals surface area contributed by atoms with Gasteiger partial charge in [-0.2, -0.15) is 0 Å². The molecule has 0 spiro atoms. The minimum Gasteiger partial charge on any atom is -0.365 e. The average Bonchev–Trinajstić information content (AvgIpc) is 2.37. The third kappa shape index (κ3) is 18.6. The Morgan fingerprint density at radius 2 is 1.25 bits per heavy atom. The smallest absolute Gasteiger partial charge is 0.286 e. The van der Waals surface area contributed by atoms with Gasteiger partial charge >= 0.3 is 0 Å². The summed E-state index contributed by atoms with van der Waals surface area (Å²) in [5, 5.41) is 25.4. The monoisotopic (exact) mass is 378 g/mol. The summed E-state index contributed by atoms with van der Waals surface area (Å²) in [6.07, 6.45) is 0. The Labute approximate surface area is 153 Å². The highest BCUT2D eigenvalue weighted by Crippen LogP contribution is 2.02. The summed E-state index contributed by atoms with van der Waals surface area (Å²) in [6, 6.07) is 0.304. The van der Waals surface area contributed by atoms with Gasteiger partial charge in [0.15, 0.2) is 10.3 Å². The number of carbonyl (C=O) groups excluding carboxylic acids is 2. The summed E-state index contributed by atoms with van der Waals surface area (Å²) in [4.78, 5) is 21.9. The van der Waals surface area contributed by atoms with E-state index in [1.165, 1.54) is 0 Å². The van der Waals surface area contributed by atoms with Crippen LogP contribution in [0.4, 0.5) is 9.59 Å². The van der Waals surface area contributed by atoms with Gasteiger partial charge in [0.05, 0.1) is 0 Å². The van der Waals surface area contributed by atoms with Gasteiger partial charge in [0, 0.05) is 48.7 Å². The number of nitrogens with one attached hydrogen (secondary N) is 6. The molecule has 0 saturated carbocycles. The number of thioether (sulfide) groups is 2. The summed E-state index contributed by atoms with van der Waals surface area (Å²) < 4.78 is 0. The Bertz CT molecular complexity index is 380. The molecule has 0 aromatic carbocycles. The fraction of sp³-hybridized carbons (Fsp3) is 0.714. The molecule has 0 fully saturated rings. The zero-order valence-corrected chi connectivity index (χ0v) is 16.8. The standard InChI is InChI=1S/C8H17N3OS.C6H13N3OS/c1-5(2)10-7(9)13-8(12)11-6(3)4;1-3-8-5(7)11-6(10)9-4-2/h5-6H,1-4H3,(H2,9,10)(H,11,12);3-4H2,1-2H3,(H2,7,8)(H,9,10). The van der Waals surface area contributed by atoms with E-state index in [0.29, 0.717) is 13.1 Å². The SMILES string of the molecule is CC(C)NC(=N)SC(=O)NC(C)C.CCNC(=N)SC(=O)NCC. The maximum absolute atomic E-state index is 11.1. The molecule has 0 unspecified atom stereocenters. The maximum atomic E-state index is 11.1. The van der Waals surface area contributed by atoms with Crippen molar-refractivity contribution in [2.24, 2.45) is 0 Å². The van der Waals surface area contributed by atoms with Gasteiger partial charge in [-0.05, 0) is 41.5 Å². The number of hydrogen-bond acceptors (Lipinski definition) is 6. The van der Waals surface area contributed by atoms with Crippen LogP contribution >= 0.6 is 23.5 Å². The highest BCUT2D eigenvalue weighted by atomic mass is 32.2. The van der Waals surface area contributed by atoms with Crippen LogP contribution in [0.15, 0.2) is 0 Å². The number of rotatable bonds is 4. The Morgan fingerprint density at radius 1 is 0.792 bits per heavy atom. The molecular weight excluding hydrogens is 348 g/mol. The van der Waals surface area contributed by atoms with Crippen molar-refractivity contribution in [1.29, 1.82) is 10.8 Å². The normalized spacial score (nSPS) is 9.67. The molecule has 0 radical (unpaired) electrons. The van der Waals surface area contributed by atoms with E-state index >= 15 is 0 Å². The van der Waals surface area contributed by atoms with Gasteiger partial charge in [0.25, 0.3) is 10.5 Å². The predicted octanol–water partition coefficient (Wildman–Crippen LogP) is 2.76. The van der Waals surface area contributed by atoms with E-state index in [1.54, 1.807) is 0 Å². The Kier molecular flexibility index (Phi) is 15.6. The number of amidine groups is 2. The second kappa shape index (κ2) is 15.1. The van der Waals surface area contributed by atoms with Crippen LogP contribution in [-0.4, -0.2) is 46.0 Å². The molecule has 0 aromatic rings. The lowest BCUT2D eigenvalue weighted by Gasteiger charge is -2.11. The van der Waals surface area contributed by atoms with E-state index in [4.69, 9.17) is 10.8 Å². The quantitative estimate of drug-likeness (QED) is 0.329. The van der Waals surface area contributed by atoms with Gasteiger partial charge in [0.1, 0.15) is 0 Å². The van der Waals surface area contributed by atoms with Crippen molar-refractivity contribution in [2.75, 3.05) is 13.1 Å². The van der Waals surface area contributed by atoms with Crippen LogP contribution in [0.2, 0.25) is 0 Å². The first-order valence-electron chi connectivity index (χ1n) is 7.73. The van der Waals surface area contributed by atoms with Crippen LogP contribution in [0.3, 0.4) is 0 Å². The van der Waals surface area contributed by atoms with Gasteiger partial charge in [-0.25, -0.2) is 0 Å². The van der Waals surface area contributed by atoms with Crippen molar-refractivity contribution in [3.8, 4) is 0 Å². The van der Waals surface area contributed by atoms with Crippen molar-refractivity contribution in [1.82, 2.24) is 21.3 Å². The van der Waals surface area contributed by atoms with E-state index < -0.39 is 0 Å². The molecule has 140 valence electrons. The first-order valence-corrected chi connectivity index (χ1v) is 9.37. The highest BCUT2D eigenvalue weighted by Gasteiger charge is 2.08. The first-order chi connectivity index (χ1) is 11.1. The second-order valence-corrected chi connectivity index (χ2v) is 7.06. The lowest BCUT2D eigenvalue weighted by Crippen LogP contribution is -2.32. The molecule has 0 rings (SSSR count). The molecule has 0 aliphatic rings. The Hall–Kier alpha value is -1.42. The van der Waals surface area contributed by atoms with Crippen molar-refractivity contribution in [3.63, 3.8) is 0 Å². The van der Waals surface area contributed by atoms with Crippen LogP contribution in [0.25, 0.3) is 0 Å². The second-order valence-electron chi connectivity index (χ2n) is 5.10. The summed E-state index contributed by atoms with van der Waals surface area (Å²) >= 11 is 1.75. The van der Waals surface area contributed by atoms with E-state index in [2.05, 4.69) is 21.3 Å².